The third-order valence-electron chi connectivity index (χ3n) is 3.72. The summed E-state index contributed by atoms with van der Waals surface area (Å²) in [5.74, 6) is 0.596. The third-order valence-corrected chi connectivity index (χ3v) is 4.30. The number of anilines is 1. The summed E-state index contributed by atoms with van der Waals surface area (Å²) >= 11 is 12.3. The Labute approximate surface area is 148 Å². The summed E-state index contributed by atoms with van der Waals surface area (Å²) in [7, 11) is 1.56. The van der Waals surface area contributed by atoms with Gasteiger partial charge in [-0.1, -0.05) is 29.3 Å². The van der Waals surface area contributed by atoms with Crippen molar-refractivity contribution >= 4 is 39.7 Å². The molecule has 0 amide bonds. The van der Waals surface area contributed by atoms with Crippen LogP contribution in [0.3, 0.4) is 0 Å². The molecule has 2 N–H and O–H groups in total. The van der Waals surface area contributed by atoms with E-state index in [-0.39, 0.29) is 5.15 Å². The van der Waals surface area contributed by atoms with Crippen molar-refractivity contribution in [2.45, 2.75) is 6.42 Å². The molecule has 0 radical (unpaired) electrons. The summed E-state index contributed by atoms with van der Waals surface area (Å²) in [6.07, 6.45) is 0.448. The number of nitrogens with two attached hydrogens (primary N) is 1. The molecule has 5 nitrogen and oxygen atoms in total. The summed E-state index contributed by atoms with van der Waals surface area (Å²) in [6.45, 7) is 0. The summed E-state index contributed by atoms with van der Waals surface area (Å²) in [5.41, 5.74) is 8.40. The molecule has 0 fully saturated rings. The molecule has 0 atom stereocenters. The van der Waals surface area contributed by atoms with Gasteiger partial charge in [0.2, 0.25) is 0 Å². The van der Waals surface area contributed by atoms with Gasteiger partial charge in [0.25, 0.3) is 0 Å². The molecule has 1 aromatic heterocycles. The Morgan fingerprint density at radius 1 is 1.21 bits per heavy atom. The smallest absolute Gasteiger partial charge is 0.159 e. The van der Waals surface area contributed by atoms with Gasteiger partial charge >= 0.3 is 0 Å². The predicted octanol–water partition coefficient (Wildman–Crippen LogP) is 3.99. The molecule has 24 heavy (non-hydrogen) atoms. The Hall–Kier alpha value is -2.55. The van der Waals surface area contributed by atoms with Gasteiger partial charge in [0.05, 0.1) is 29.1 Å². The largest absolute Gasteiger partial charge is 0.495 e. The minimum atomic E-state index is 0.248. The number of nitrogens with zero attached hydrogens (tertiary/aromatic N) is 3. The highest BCUT2D eigenvalue weighted by Gasteiger charge is 2.15. The summed E-state index contributed by atoms with van der Waals surface area (Å²) in [5, 5.41) is 19.4. The fourth-order valence-electron chi connectivity index (χ4n) is 2.54. The molecule has 0 saturated carbocycles. The Bertz CT molecular complexity index is 982. The van der Waals surface area contributed by atoms with Gasteiger partial charge in [0, 0.05) is 17.2 Å². The van der Waals surface area contributed by atoms with Crippen molar-refractivity contribution in [3.8, 4) is 11.8 Å². The lowest BCUT2D eigenvalue weighted by Gasteiger charge is -2.11. The Morgan fingerprint density at radius 2 is 2.00 bits per heavy atom. The van der Waals surface area contributed by atoms with E-state index in [4.69, 9.17) is 33.7 Å². The van der Waals surface area contributed by atoms with Crippen LogP contribution in [0.2, 0.25) is 10.2 Å². The predicted molar refractivity (Wildman–Crippen MR) is 94.5 cm³/mol. The maximum Gasteiger partial charge on any atom is 0.159 e. The second-order valence-electron chi connectivity index (χ2n) is 5.14. The van der Waals surface area contributed by atoms with Gasteiger partial charge in [-0.3, -0.25) is 0 Å². The Balaban J connectivity index is 2.15. The van der Waals surface area contributed by atoms with E-state index in [0.29, 0.717) is 44.9 Å². The van der Waals surface area contributed by atoms with Crippen LogP contribution in [0.15, 0.2) is 30.3 Å². The molecule has 0 aliphatic heterocycles. The molecule has 120 valence electrons. The van der Waals surface area contributed by atoms with Crippen molar-refractivity contribution in [2.24, 2.45) is 0 Å². The number of aromatic nitrogens is 2. The second kappa shape index (κ2) is 6.52. The normalized spacial score (nSPS) is 10.6. The fraction of sp³-hybridized carbons (Fsp3) is 0.118. The molecule has 3 aromatic rings. The quantitative estimate of drug-likeness (QED) is 0.715. The number of rotatable bonds is 3. The lowest BCUT2D eigenvalue weighted by Crippen LogP contribution is -2.02. The van der Waals surface area contributed by atoms with E-state index >= 15 is 0 Å². The topological polar surface area (TPSA) is 84.8 Å². The number of fused-ring (bicyclic) bond motifs is 1. The minimum Gasteiger partial charge on any atom is -0.495 e. The van der Waals surface area contributed by atoms with E-state index in [9.17, 15) is 5.26 Å². The molecule has 0 aliphatic rings. The average Bonchev–Trinajstić information content (AvgIpc) is 2.58. The third kappa shape index (κ3) is 2.82. The molecule has 1 heterocycles. The first kappa shape index (κ1) is 16.3. The van der Waals surface area contributed by atoms with E-state index in [1.165, 1.54) is 0 Å². The van der Waals surface area contributed by atoms with E-state index < -0.39 is 0 Å². The van der Waals surface area contributed by atoms with Crippen molar-refractivity contribution < 1.29 is 4.74 Å². The van der Waals surface area contributed by atoms with Crippen LogP contribution < -0.4 is 10.5 Å². The van der Waals surface area contributed by atoms with Crippen molar-refractivity contribution in [1.29, 1.82) is 5.26 Å². The van der Waals surface area contributed by atoms with E-state index in [1.54, 1.807) is 31.4 Å². The van der Waals surface area contributed by atoms with Crippen molar-refractivity contribution in [3.63, 3.8) is 0 Å². The SMILES string of the molecule is COc1ccc(Cc2nnc(Cl)c3ccc(C#N)c(N)c23)cc1Cl. The van der Waals surface area contributed by atoms with E-state index in [0.717, 1.165) is 5.56 Å². The maximum atomic E-state index is 9.19. The Kier molecular flexibility index (Phi) is 4.43. The molecule has 0 aliphatic carbocycles. The second-order valence-corrected chi connectivity index (χ2v) is 5.91. The lowest BCUT2D eigenvalue weighted by molar-refractivity contribution is 0.415. The van der Waals surface area contributed by atoms with Crippen LogP contribution >= 0.6 is 23.2 Å². The Morgan fingerprint density at radius 3 is 2.67 bits per heavy atom. The number of hydrogen-bond acceptors (Lipinski definition) is 5. The van der Waals surface area contributed by atoms with Crippen LogP contribution in [-0.4, -0.2) is 17.3 Å². The molecule has 0 saturated heterocycles. The van der Waals surface area contributed by atoms with Crippen molar-refractivity contribution in [3.05, 3.63) is 57.3 Å². The van der Waals surface area contributed by atoms with Gasteiger partial charge < -0.3 is 10.5 Å². The van der Waals surface area contributed by atoms with Gasteiger partial charge in [-0.05, 0) is 29.8 Å². The van der Waals surface area contributed by atoms with Crippen molar-refractivity contribution in [2.75, 3.05) is 12.8 Å². The van der Waals surface area contributed by atoms with Crippen LogP contribution in [0, 0.1) is 11.3 Å². The monoisotopic (exact) mass is 358 g/mol. The number of nitriles is 1. The summed E-state index contributed by atoms with van der Waals surface area (Å²) < 4.78 is 5.15. The zero-order valence-corrected chi connectivity index (χ0v) is 14.2. The summed E-state index contributed by atoms with van der Waals surface area (Å²) in [6, 6.07) is 10.9. The van der Waals surface area contributed by atoms with Crippen LogP contribution in [0.5, 0.6) is 5.75 Å². The highest BCUT2D eigenvalue weighted by Crippen LogP contribution is 2.32. The molecule has 0 bridgehead atoms. The number of hydrogen-bond donors (Lipinski definition) is 1. The average molecular weight is 359 g/mol. The molecule has 3 rings (SSSR count). The molecular weight excluding hydrogens is 347 g/mol. The first-order chi connectivity index (χ1) is 11.5. The van der Waals surface area contributed by atoms with Gasteiger partial charge in [-0.2, -0.15) is 10.4 Å². The molecule has 0 unspecified atom stereocenters. The fourth-order valence-corrected chi connectivity index (χ4v) is 3.02. The standard InChI is InChI=1S/C17H12Cl2N4O/c1-24-14-5-2-9(6-12(14)18)7-13-15-11(17(19)23-22-13)4-3-10(8-20)16(15)21/h2-6H,7,21H2,1H3. The van der Waals surface area contributed by atoms with Crippen LogP contribution in [-0.2, 0) is 6.42 Å². The van der Waals surface area contributed by atoms with Crippen LogP contribution in [0.4, 0.5) is 5.69 Å². The van der Waals surface area contributed by atoms with Gasteiger partial charge in [0.15, 0.2) is 5.15 Å². The molecule has 0 spiro atoms. The first-order valence-electron chi connectivity index (χ1n) is 7.01. The number of methoxy groups -OCH3 is 1. The molecule has 2 aromatic carbocycles. The molecule has 7 heteroatoms. The highest BCUT2D eigenvalue weighted by molar-refractivity contribution is 6.34. The first-order valence-corrected chi connectivity index (χ1v) is 7.76. The maximum absolute atomic E-state index is 9.19. The number of benzene rings is 2. The number of halogens is 2. The van der Waals surface area contributed by atoms with Crippen LogP contribution in [0.1, 0.15) is 16.8 Å². The molecular formula is C17H12Cl2N4O. The number of ether oxygens (including phenoxy) is 1. The van der Waals surface area contributed by atoms with Gasteiger partial charge in [-0.15, -0.1) is 5.10 Å². The zero-order valence-electron chi connectivity index (χ0n) is 12.7. The van der Waals surface area contributed by atoms with Gasteiger partial charge in [-0.25, -0.2) is 0 Å². The van der Waals surface area contributed by atoms with E-state index in [1.807, 2.05) is 6.07 Å². The number of nitrogen functional groups attached to an aromatic ring is 1. The van der Waals surface area contributed by atoms with E-state index in [2.05, 4.69) is 16.3 Å². The van der Waals surface area contributed by atoms with Crippen molar-refractivity contribution in [1.82, 2.24) is 10.2 Å². The minimum absolute atomic E-state index is 0.248. The highest BCUT2D eigenvalue weighted by atomic mass is 35.5. The summed E-state index contributed by atoms with van der Waals surface area (Å²) in [4.78, 5) is 0. The van der Waals surface area contributed by atoms with Crippen LogP contribution in [0.25, 0.3) is 10.8 Å². The van der Waals surface area contributed by atoms with Gasteiger partial charge in [0.1, 0.15) is 11.8 Å². The zero-order chi connectivity index (χ0) is 17.3. The lowest BCUT2D eigenvalue weighted by atomic mass is 10.0.